The standard InChI is InChI=1S/C17H9F6NO/c18-16(19,20)12-6-4-10(5-7-12)14-9-24-15(25-14)11-2-1-3-13(8-11)17(21,22)23/h1-9H. The lowest BCUT2D eigenvalue weighted by Gasteiger charge is -2.07. The zero-order chi connectivity index (χ0) is 18.2. The van der Waals surface area contributed by atoms with Crippen molar-refractivity contribution in [1.29, 1.82) is 0 Å². The number of halogens is 6. The average molecular weight is 357 g/mol. The highest BCUT2D eigenvalue weighted by Crippen LogP contribution is 2.34. The Morgan fingerprint density at radius 1 is 0.720 bits per heavy atom. The zero-order valence-corrected chi connectivity index (χ0v) is 12.3. The molecule has 25 heavy (non-hydrogen) atoms. The quantitative estimate of drug-likeness (QED) is 0.522. The third-order valence-electron chi connectivity index (χ3n) is 3.44. The van der Waals surface area contributed by atoms with Crippen LogP contribution in [-0.2, 0) is 12.4 Å². The van der Waals surface area contributed by atoms with E-state index in [4.69, 9.17) is 4.42 Å². The van der Waals surface area contributed by atoms with E-state index in [1.54, 1.807) is 0 Å². The van der Waals surface area contributed by atoms with Crippen molar-refractivity contribution in [1.82, 2.24) is 4.98 Å². The molecule has 2 nitrogen and oxygen atoms in total. The Labute approximate surface area is 137 Å². The van der Waals surface area contributed by atoms with Crippen molar-refractivity contribution in [2.24, 2.45) is 0 Å². The van der Waals surface area contributed by atoms with Crippen molar-refractivity contribution < 1.29 is 30.8 Å². The van der Waals surface area contributed by atoms with E-state index in [0.29, 0.717) is 5.56 Å². The van der Waals surface area contributed by atoms with Crippen molar-refractivity contribution in [2.75, 3.05) is 0 Å². The molecule has 8 heteroatoms. The maximum Gasteiger partial charge on any atom is 0.416 e. The largest absolute Gasteiger partial charge is 0.436 e. The maximum atomic E-state index is 12.7. The first-order chi connectivity index (χ1) is 11.6. The van der Waals surface area contributed by atoms with E-state index in [-0.39, 0.29) is 17.2 Å². The Bertz CT molecular complexity index is 877. The highest BCUT2D eigenvalue weighted by Gasteiger charge is 2.31. The van der Waals surface area contributed by atoms with Crippen LogP contribution >= 0.6 is 0 Å². The summed E-state index contributed by atoms with van der Waals surface area (Å²) >= 11 is 0. The van der Waals surface area contributed by atoms with Crippen LogP contribution in [0.25, 0.3) is 22.8 Å². The van der Waals surface area contributed by atoms with Crippen molar-refractivity contribution in [2.45, 2.75) is 12.4 Å². The van der Waals surface area contributed by atoms with Gasteiger partial charge in [0.05, 0.1) is 17.3 Å². The van der Waals surface area contributed by atoms with Gasteiger partial charge in [0, 0.05) is 11.1 Å². The van der Waals surface area contributed by atoms with Gasteiger partial charge in [-0.3, -0.25) is 0 Å². The van der Waals surface area contributed by atoms with Crippen LogP contribution in [-0.4, -0.2) is 4.98 Å². The predicted octanol–water partition coefficient (Wildman–Crippen LogP) is 6.05. The van der Waals surface area contributed by atoms with Gasteiger partial charge in [0.1, 0.15) is 0 Å². The van der Waals surface area contributed by atoms with Crippen LogP contribution in [0.2, 0.25) is 0 Å². The molecule has 2 aromatic carbocycles. The van der Waals surface area contributed by atoms with Crippen LogP contribution in [0.15, 0.2) is 59.1 Å². The summed E-state index contributed by atoms with van der Waals surface area (Å²) in [5, 5.41) is 0. The highest BCUT2D eigenvalue weighted by molar-refractivity contribution is 5.62. The number of nitrogens with zero attached hydrogens (tertiary/aromatic N) is 1. The van der Waals surface area contributed by atoms with Gasteiger partial charge in [-0.25, -0.2) is 4.98 Å². The zero-order valence-electron chi connectivity index (χ0n) is 12.3. The molecule has 0 radical (unpaired) electrons. The van der Waals surface area contributed by atoms with E-state index in [0.717, 1.165) is 24.3 Å². The minimum atomic E-state index is -4.50. The summed E-state index contributed by atoms with van der Waals surface area (Å²) in [5.74, 6) is 0.0992. The van der Waals surface area contributed by atoms with Crippen LogP contribution in [0.4, 0.5) is 26.3 Å². The molecule has 3 rings (SSSR count). The lowest BCUT2D eigenvalue weighted by molar-refractivity contribution is -0.138. The summed E-state index contributed by atoms with van der Waals surface area (Å²) in [5.41, 5.74) is -1.21. The second-order valence-corrected chi connectivity index (χ2v) is 5.18. The molecule has 130 valence electrons. The molecule has 0 aliphatic heterocycles. The summed E-state index contributed by atoms with van der Waals surface area (Å²) in [7, 11) is 0. The first-order valence-electron chi connectivity index (χ1n) is 6.96. The molecule has 0 saturated carbocycles. The number of benzene rings is 2. The van der Waals surface area contributed by atoms with Gasteiger partial charge in [-0.2, -0.15) is 26.3 Å². The van der Waals surface area contributed by atoms with Gasteiger partial charge in [-0.15, -0.1) is 0 Å². The molecule has 0 atom stereocenters. The fourth-order valence-corrected chi connectivity index (χ4v) is 2.19. The van der Waals surface area contributed by atoms with E-state index >= 15 is 0 Å². The average Bonchev–Trinajstić information content (AvgIpc) is 3.03. The topological polar surface area (TPSA) is 26.0 Å². The van der Waals surface area contributed by atoms with Crippen LogP contribution in [0.1, 0.15) is 11.1 Å². The van der Waals surface area contributed by atoms with Crippen molar-refractivity contribution in [3.8, 4) is 22.8 Å². The van der Waals surface area contributed by atoms with E-state index in [1.807, 2.05) is 0 Å². The molecule has 0 spiro atoms. The van der Waals surface area contributed by atoms with Gasteiger partial charge in [-0.05, 0) is 30.3 Å². The van der Waals surface area contributed by atoms with Crippen molar-refractivity contribution in [3.63, 3.8) is 0 Å². The van der Waals surface area contributed by atoms with Crippen LogP contribution < -0.4 is 0 Å². The Kier molecular flexibility index (Phi) is 4.06. The van der Waals surface area contributed by atoms with Crippen molar-refractivity contribution in [3.05, 3.63) is 65.9 Å². The molecule has 1 aromatic heterocycles. The van der Waals surface area contributed by atoms with Crippen LogP contribution in [0, 0.1) is 0 Å². The second kappa shape index (κ2) is 5.94. The monoisotopic (exact) mass is 357 g/mol. The summed E-state index contributed by atoms with van der Waals surface area (Å²) in [6.45, 7) is 0. The van der Waals surface area contributed by atoms with Gasteiger partial charge in [0.15, 0.2) is 5.76 Å². The SMILES string of the molecule is FC(F)(F)c1ccc(-c2cnc(-c3cccc(C(F)(F)F)c3)o2)cc1. The predicted molar refractivity (Wildman–Crippen MR) is 77.4 cm³/mol. The fourth-order valence-electron chi connectivity index (χ4n) is 2.19. The minimum Gasteiger partial charge on any atom is -0.436 e. The number of oxazole rings is 1. The molecular formula is C17H9F6NO. The van der Waals surface area contributed by atoms with Crippen LogP contribution in [0.3, 0.4) is 0 Å². The number of rotatable bonds is 2. The second-order valence-electron chi connectivity index (χ2n) is 5.18. The molecule has 0 amide bonds. The molecule has 0 fully saturated rings. The van der Waals surface area contributed by atoms with Crippen LogP contribution in [0.5, 0.6) is 0 Å². The molecule has 3 aromatic rings. The highest BCUT2D eigenvalue weighted by atomic mass is 19.4. The number of hydrogen-bond donors (Lipinski definition) is 0. The maximum absolute atomic E-state index is 12.7. The van der Waals surface area contributed by atoms with Gasteiger partial charge in [0.2, 0.25) is 5.89 Å². The van der Waals surface area contributed by atoms with Gasteiger partial charge >= 0.3 is 12.4 Å². The molecule has 0 N–H and O–H groups in total. The number of hydrogen-bond acceptors (Lipinski definition) is 2. The third kappa shape index (κ3) is 3.67. The van der Waals surface area contributed by atoms with Crippen molar-refractivity contribution >= 4 is 0 Å². The first kappa shape index (κ1) is 17.1. The fraction of sp³-hybridized carbons (Fsp3) is 0.118. The first-order valence-corrected chi connectivity index (χ1v) is 6.96. The van der Waals surface area contributed by atoms with E-state index in [9.17, 15) is 26.3 Å². The molecule has 0 bridgehead atoms. The van der Waals surface area contributed by atoms with Gasteiger partial charge in [-0.1, -0.05) is 18.2 Å². The molecular weight excluding hydrogens is 348 g/mol. The Balaban J connectivity index is 1.91. The summed E-state index contributed by atoms with van der Waals surface area (Å²) in [6, 6.07) is 8.63. The van der Waals surface area contributed by atoms with Gasteiger partial charge < -0.3 is 4.42 Å². The minimum absolute atomic E-state index is 0.0546. The van der Waals surface area contributed by atoms with E-state index < -0.39 is 23.5 Å². The number of aromatic nitrogens is 1. The third-order valence-corrected chi connectivity index (χ3v) is 3.44. The summed E-state index contributed by atoms with van der Waals surface area (Å²) < 4.78 is 81.3. The molecule has 0 saturated heterocycles. The van der Waals surface area contributed by atoms with E-state index in [2.05, 4.69) is 4.98 Å². The van der Waals surface area contributed by atoms with E-state index in [1.165, 1.54) is 30.5 Å². The molecule has 0 aliphatic carbocycles. The number of alkyl halides is 6. The van der Waals surface area contributed by atoms with Gasteiger partial charge in [0.25, 0.3) is 0 Å². The normalized spacial score (nSPS) is 12.4. The molecule has 0 aliphatic rings. The lowest BCUT2D eigenvalue weighted by atomic mass is 10.1. The lowest BCUT2D eigenvalue weighted by Crippen LogP contribution is -2.04. The molecule has 1 heterocycles. The summed E-state index contributed by atoms with van der Waals surface area (Å²) in [4.78, 5) is 3.90. The summed E-state index contributed by atoms with van der Waals surface area (Å²) in [6.07, 6.45) is -7.71. The Morgan fingerprint density at radius 2 is 1.36 bits per heavy atom. The smallest absolute Gasteiger partial charge is 0.416 e. The molecule has 0 unspecified atom stereocenters. The Hall–Kier alpha value is -2.77. The Morgan fingerprint density at radius 3 is 1.96 bits per heavy atom.